The van der Waals surface area contributed by atoms with Gasteiger partial charge in [0.1, 0.15) is 0 Å². The predicted octanol–water partition coefficient (Wildman–Crippen LogP) is 11.3. The number of benzene rings is 2. The molecule has 0 saturated heterocycles. The van der Waals surface area contributed by atoms with Crippen molar-refractivity contribution in [2.45, 2.75) is 163 Å². The van der Waals surface area contributed by atoms with Gasteiger partial charge in [0.2, 0.25) is 0 Å². The standard InChI is InChI=1S/C37H58/c1-14-15-16-17-18-19-29-32-25(21-27(34(2,3)4)23-30(32)36(8,9)10)20-26-22-28(35(5,6)7)24-31(33(26)29)37(11,12)13/h21-24,29H,14-20H2,1-13H3. The highest BCUT2D eigenvalue weighted by Gasteiger charge is 2.37. The van der Waals surface area contributed by atoms with Crippen LogP contribution in [0.1, 0.15) is 179 Å². The zero-order chi connectivity index (χ0) is 28.0. The van der Waals surface area contributed by atoms with Gasteiger partial charge in [-0.2, -0.15) is 0 Å². The van der Waals surface area contributed by atoms with E-state index in [-0.39, 0.29) is 21.7 Å². The van der Waals surface area contributed by atoms with Crippen LogP contribution in [0.5, 0.6) is 0 Å². The molecule has 3 rings (SSSR count). The third-order valence-electron chi connectivity index (χ3n) is 8.55. The lowest BCUT2D eigenvalue weighted by molar-refractivity contribution is 0.519. The summed E-state index contributed by atoms with van der Waals surface area (Å²) in [7, 11) is 0. The Kier molecular flexibility index (Phi) is 8.54. The maximum Gasteiger partial charge on any atom is 0.0101 e. The van der Waals surface area contributed by atoms with E-state index >= 15 is 0 Å². The van der Waals surface area contributed by atoms with Crippen LogP contribution in [0.25, 0.3) is 0 Å². The van der Waals surface area contributed by atoms with Crippen molar-refractivity contribution >= 4 is 0 Å². The molecule has 0 aromatic heterocycles. The lowest BCUT2D eigenvalue weighted by Crippen LogP contribution is -2.28. The van der Waals surface area contributed by atoms with Crippen molar-refractivity contribution in [3.05, 3.63) is 68.8 Å². The molecule has 0 nitrogen and oxygen atoms in total. The molecular formula is C37H58. The van der Waals surface area contributed by atoms with Gasteiger partial charge < -0.3 is 0 Å². The molecule has 0 unspecified atom stereocenters. The second-order valence-corrected chi connectivity index (χ2v) is 16.1. The first-order valence-electron chi connectivity index (χ1n) is 15.2. The van der Waals surface area contributed by atoms with Crippen molar-refractivity contribution in [2.24, 2.45) is 0 Å². The first kappa shape index (κ1) is 30.0. The van der Waals surface area contributed by atoms with E-state index in [0.29, 0.717) is 5.92 Å². The van der Waals surface area contributed by atoms with Gasteiger partial charge in [0.15, 0.2) is 0 Å². The molecule has 206 valence electrons. The van der Waals surface area contributed by atoms with Gasteiger partial charge in [0.05, 0.1) is 0 Å². The normalized spacial score (nSPS) is 15.1. The lowest BCUT2D eigenvalue weighted by Gasteiger charge is -2.40. The first-order chi connectivity index (χ1) is 16.9. The molecular weight excluding hydrogens is 444 g/mol. The molecule has 0 atom stereocenters. The molecule has 0 saturated carbocycles. The zero-order valence-corrected chi connectivity index (χ0v) is 26.8. The molecule has 0 N–H and O–H groups in total. The molecule has 1 aliphatic rings. The van der Waals surface area contributed by atoms with E-state index in [1.54, 1.807) is 33.4 Å². The Morgan fingerprint density at radius 2 is 0.946 bits per heavy atom. The molecule has 1 aliphatic carbocycles. The quantitative estimate of drug-likeness (QED) is 0.344. The van der Waals surface area contributed by atoms with Gasteiger partial charge >= 0.3 is 0 Å². The minimum Gasteiger partial charge on any atom is -0.0654 e. The first-order valence-corrected chi connectivity index (χ1v) is 15.2. The van der Waals surface area contributed by atoms with E-state index in [4.69, 9.17) is 0 Å². The van der Waals surface area contributed by atoms with Crippen molar-refractivity contribution in [3.8, 4) is 0 Å². The number of fused-ring (bicyclic) bond motifs is 2. The lowest BCUT2D eigenvalue weighted by atomic mass is 9.64. The largest absolute Gasteiger partial charge is 0.0654 e. The smallest absolute Gasteiger partial charge is 0.0101 e. The maximum atomic E-state index is 2.58. The molecule has 0 heterocycles. The monoisotopic (exact) mass is 502 g/mol. The Bertz CT molecular complexity index is 1000. The van der Waals surface area contributed by atoms with Crippen LogP contribution in [0, 0.1) is 0 Å². The van der Waals surface area contributed by atoms with Crippen LogP contribution in [0.4, 0.5) is 0 Å². The Morgan fingerprint density at radius 1 is 0.541 bits per heavy atom. The highest BCUT2D eigenvalue weighted by Crippen LogP contribution is 2.50. The molecule has 2 aromatic rings. The van der Waals surface area contributed by atoms with Crippen LogP contribution in [0.15, 0.2) is 24.3 Å². The molecule has 0 radical (unpaired) electrons. The fourth-order valence-corrected chi connectivity index (χ4v) is 6.24. The summed E-state index contributed by atoms with van der Waals surface area (Å²) >= 11 is 0. The van der Waals surface area contributed by atoms with Crippen molar-refractivity contribution in [1.29, 1.82) is 0 Å². The van der Waals surface area contributed by atoms with Gasteiger partial charge in [0.25, 0.3) is 0 Å². The highest BCUT2D eigenvalue weighted by atomic mass is 14.4. The average Bonchev–Trinajstić information content (AvgIpc) is 2.74. The molecule has 0 bridgehead atoms. The molecule has 0 fully saturated rings. The number of hydrogen-bond acceptors (Lipinski definition) is 0. The summed E-state index contributed by atoms with van der Waals surface area (Å²) in [6.07, 6.45) is 9.04. The van der Waals surface area contributed by atoms with E-state index < -0.39 is 0 Å². The number of rotatable bonds is 6. The van der Waals surface area contributed by atoms with Crippen LogP contribution in [0.3, 0.4) is 0 Å². The van der Waals surface area contributed by atoms with Gasteiger partial charge in [-0.25, -0.2) is 0 Å². The summed E-state index contributed by atoms with van der Waals surface area (Å²) in [5, 5.41) is 0. The molecule has 37 heavy (non-hydrogen) atoms. The van der Waals surface area contributed by atoms with Gasteiger partial charge in [-0.3, -0.25) is 0 Å². The molecule has 0 aliphatic heterocycles. The van der Waals surface area contributed by atoms with Gasteiger partial charge in [-0.15, -0.1) is 0 Å². The van der Waals surface area contributed by atoms with Crippen LogP contribution in [-0.2, 0) is 28.1 Å². The number of unbranched alkanes of at least 4 members (excludes halogenated alkanes) is 4. The summed E-state index contributed by atoms with van der Waals surface area (Å²) in [5.41, 5.74) is 13.2. The third-order valence-corrected chi connectivity index (χ3v) is 8.55. The van der Waals surface area contributed by atoms with Gasteiger partial charge in [-0.05, 0) is 79.0 Å². The Labute approximate surface area is 231 Å². The Morgan fingerprint density at radius 3 is 1.30 bits per heavy atom. The summed E-state index contributed by atoms with van der Waals surface area (Å²) in [6.45, 7) is 31.1. The van der Waals surface area contributed by atoms with Crippen molar-refractivity contribution in [3.63, 3.8) is 0 Å². The van der Waals surface area contributed by atoms with Gasteiger partial charge in [0, 0.05) is 5.92 Å². The minimum atomic E-state index is 0.122. The Balaban J connectivity index is 2.33. The third kappa shape index (κ3) is 6.72. The number of hydrogen-bond donors (Lipinski definition) is 0. The van der Waals surface area contributed by atoms with E-state index in [1.165, 1.54) is 49.7 Å². The van der Waals surface area contributed by atoms with Crippen LogP contribution < -0.4 is 0 Å². The van der Waals surface area contributed by atoms with Crippen molar-refractivity contribution in [1.82, 2.24) is 0 Å². The molecule has 2 aromatic carbocycles. The van der Waals surface area contributed by atoms with Gasteiger partial charge in [-0.1, -0.05) is 146 Å². The summed E-state index contributed by atoms with van der Waals surface area (Å²) in [4.78, 5) is 0. The molecule has 0 amide bonds. The average molecular weight is 503 g/mol. The SMILES string of the molecule is CCCCCCCC1c2c(cc(C(C)(C)C)cc2C(C)(C)C)Cc2cc(C(C)(C)C)cc(C(C)(C)C)c21. The topological polar surface area (TPSA) is 0 Å². The zero-order valence-electron chi connectivity index (χ0n) is 26.8. The van der Waals surface area contributed by atoms with E-state index in [1.807, 2.05) is 0 Å². The van der Waals surface area contributed by atoms with Crippen molar-refractivity contribution in [2.75, 3.05) is 0 Å². The fourth-order valence-electron chi connectivity index (χ4n) is 6.24. The second kappa shape index (κ2) is 10.5. The summed E-state index contributed by atoms with van der Waals surface area (Å²) in [5.74, 6) is 0.492. The fraction of sp³-hybridized carbons (Fsp3) is 0.676. The minimum absolute atomic E-state index is 0.122. The second-order valence-electron chi connectivity index (χ2n) is 16.1. The van der Waals surface area contributed by atoms with Crippen LogP contribution in [-0.4, -0.2) is 0 Å². The van der Waals surface area contributed by atoms with E-state index in [0.717, 1.165) is 6.42 Å². The van der Waals surface area contributed by atoms with Crippen LogP contribution in [0.2, 0.25) is 0 Å². The van der Waals surface area contributed by atoms with E-state index in [9.17, 15) is 0 Å². The molecule has 0 spiro atoms. The molecule has 0 heteroatoms. The summed E-state index contributed by atoms with van der Waals surface area (Å²) < 4.78 is 0. The van der Waals surface area contributed by atoms with E-state index in [2.05, 4.69) is 114 Å². The Hall–Kier alpha value is -1.56. The highest BCUT2D eigenvalue weighted by molar-refractivity contribution is 5.60. The van der Waals surface area contributed by atoms with Crippen molar-refractivity contribution < 1.29 is 0 Å². The maximum absolute atomic E-state index is 2.58. The summed E-state index contributed by atoms with van der Waals surface area (Å²) in [6, 6.07) is 10.3. The van der Waals surface area contributed by atoms with Crippen LogP contribution >= 0.6 is 0 Å². The predicted molar refractivity (Wildman–Crippen MR) is 166 cm³/mol.